The van der Waals surface area contributed by atoms with E-state index in [0.717, 1.165) is 21.0 Å². The number of aryl methyl sites for hydroxylation is 1. The summed E-state index contributed by atoms with van der Waals surface area (Å²) in [5.41, 5.74) is 2.14. The van der Waals surface area contributed by atoms with Crippen molar-refractivity contribution in [2.45, 2.75) is 38.8 Å². The maximum atomic E-state index is 15.3. The smallest absolute Gasteiger partial charge is 0.155 e. The van der Waals surface area contributed by atoms with Crippen molar-refractivity contribution in [1.82, 2.24) is 0 Å². The summed E-state index contributed by atoms with van der Waals surface area (Å²) >= 11 is 1.79. The first-order valence-corrected chi connectivity index (χ1v) is 13.3. The third kappa shape index (κ3) is 4.33. The van der Waals surface area contributed by atoms with E-state index in [9.17, 15) is 0 Å². The highest BCUT2D eigenvalue weighted by molar-refractivity contribution is 7.79. The lowest BCUT2D eigenvalue weighted by Crippen LogP contribution is -2.21. The van der Waals surface area contributed by atoms with E-state index < -0.39 is 7.14 Å². The Morgan fingerprint density at radius 3 is 1.68 bits per heavy atom. The topological polar surface area (TPSA) is 17.1 Å². The van der Waals surface area contributed by atoms with Crippen LogP contribution in [0.4, 0.5) is 0 Å². The van der Waals surface area contributed by atoms with E-state index in [4.69, 9.17) is 0 Å². The number of benzene rings is 3. The lowest BCUT2D eigenvalue weighted by Gasteiger charge is -2.29. The van der Waals surface area contributed by atoms with Crippen molar-refractivity contribution in [3.63, 3.8) is 0 Å². The summed E-state index contributed by atoms with van der Waals surface area (Å²) in [6.07, 6.45) is 0. The molecular weight excluding hydrogens is 415 g/mol. The van der Waals surface area contributed by atoms with Gasteiger partial charge in [0, 0.05) is 20.4 Å². The molecule has 0 saturated heterocycles. The average Bonchev–Trinajstić information content (AvgIpc) is 3.27. The third-order valence-electron chi connectivity index (χ3n) is 5.67. The fourth-order valence-corrected chi connectivity index (χ4v) is 8.80. The first kappa shape index (κ1) is 21.8. The molecule has 0 amide bonds. The van der Waals surface area contributed by atoms with Gasteiger partial charge in [-0.15, -0.1) is 11.3 Å². The Hall–Kier alpha value is -2.41. The van der Waals surface area contributed by atoms with Gasteiger partial charge in [0.1, 0.15) is 0 Å². The summed E-state index contributed by atoms with van der Waals surface area (Å²) in [6.45, 7) is 8.79. The molecule has 1 aromatic heterocycles. The standard InChI is InChI=1S/C28H29OPS/c1-21-15-17-22(18-16-21)27(25-19-20-26(31-25)28(2,3)4)30(29,23-11-7-5-8-12-23)24-13-9-6-10-14-24/h5-20,27H,1-4H3. The molecule has 1 heterocycles. The SMILES string of the molecule is Cc1ccc(C(c2ccc(C(C)(C)C)s2)P(=O)(c2ccccc2)c2ccccc2)cc1. The van der Waals surface area contributed by atoms with E-state index >= 15 is 4.57 Å². The number of thiophene rings is 1. The summed E-state index contributed by atoms with van der Waals surface area (Å²) in [6, 6.07) is 33.0. The van der Waals surface area contributed by atoms with Gasteiger partial charge in [-0.25, -0.2) is 0 Å². The van der Waals surface area contributed by atoms with Crippen molar-refractivity contribution in [2.75, 3.05) is 0 Å². The zero-order valence-electron chi connectivity index (χ0n) is 18.6. The first-order valence-electron chi connectivity index (χ1n) is 10.7. The zero-order valence-corrected chi connectivity index (χ0v) is 20.3. The van der Waals surface area contributed by atoms with Gasteiger partial charge in [0.2, 0.25) is 0 Å². The molecule has 0 aliphatic heterocycles. The van der Waals surface area contributed by atoms with Gasteiger partial charge in [-0.1, -0.05) is 111 Å². The second-order valence-electron chi connectivity index (χ2n) is 9.09. The third-order valence-corrected chi connectivity index (χ3v) is 10.9. The number of hydrogen-bond donors (Lipinski definition) is 0. The van der Waals surface area contributed by atoms with Crippen molar-refractivity contribution in [3.05, 3.63) is 118 Å². The van der Waals surface area contributed by atoms with Crippen LogP contribution in [0.1, 0.15) is 47.3 Å². The largest absolute Gasteiger partial charge is 0.313 e. The van der Waals surface area contributed by atoms with Crippen LogP contribution in [0.3, 0.4) is 0 Å². The molecule has 3 aromatic carbocycles. The molecule has 4 aromatic rings. The van der Waals surface area contributed by atoms with Crippen molar-refractivity contribution >= 4 is 29.1 Å². The fourth-order valence-electron chi connectivity index (χ4n) is 3.95. The Labute approximate surface area is 190 Å². The maximum absolute atomic E-state index is 15.3. The van der Waals surface area contributed by atoms with E-state index in [-0.39, 0.29) is 11.1 Å². The highest BCUT2D eigenvalue weighted by Gasteiger charge is 2.40. The molecule has 4 rings (SSSR count). The minimum Gasteiger partial charge on any atom is -0.313 e. The quantitative estimate of drug-likeness (QED) is 0.292. The maximum Gasteiger partial charge on any atom is 0.155 e. The van der Waals surface area contributed by atoms with Crippen LogP contribution in [0, 0.1) is 6.92 Å². The van der Waals surface area contributed by atoms with Crippen molar-refractivity contribution < 1.29 is 4.57 Å². The Morgan fingerprint density at radius 1 is 0.710 bits per heavy atom. The van der Waals surface area contributed by atoms with Gasteiger partial charge >= 0.3 is 0 Å². The van der Waals surface area contributed by atoms with Crippen LogP contribution in [0.15, 0.2) is 97.1 Å². The average molecular weight is 445 g/mol. The molecule has 0 aliphatic carbocycles. The molecule has 0 radical (unpaired) electrons. The highest BCUT2D eigenvalue weighted by atomic mass is 32.1. The molecule has 1 nitrogen and oxygen atoms in total. The van der Waals surface area contributed by atoms with Gasteiger partial charge in [-0.2, -0.15) is 0 Å². The molecule has 0 spiro atoms. The van der Waals surface area contributed by atoms with Gasteiger partial charge in [-0.05, 0) is 30.0 Å². The Bertz CT molecular complexity index is 1140. The molecule has 158 valence electrons. The molecule has 31 heavy (non-hydrogen) atoms. The summed E-state index contributed by atoms with van der Waals surface area (Å²) in [7, 11) is -3.02. The van der Waals surface area contributed by atoms with Crippen LogP contribution in [0.2, 0.25) is 0 Å². The van der Waals surface area contributed by atoms with Gasteiger partial charge in [-0.3, -0.25) is 0 Å². The molecule has 3 heteroatoms. The molecule has 0 fully saturated rings. The van der Waals surface area contributed by atoms with Crippen LogP contribution < -0.4 is 10.6 Å². The van der Waals surface area contributed by atoms with E-state index in [2.05, 4.69) is 64.1 Å². The molecule has 0 saturated carbocycles. The van der Waals surface area contributed by atoms with E-state index in [0.29, 0.717) is 0 Å². The summed E-state index contributed by atoms with van der Waals surface area (Å²) in [4.78, 5) is 2.47. The lowest BCUT2D eigenvalue weighted by atomic mass is 9.95. The van der Waals surface area contributed by atoms with Crippen molar-refractivity contribution in [2.24, 2.45) is 0 Å². The normalized spacial score (nSPS) is 13.2. The second-order valence-corrected chi connectivity index (χ2v) is 13.1. The van der Waals surface area contributed by atoms with Gasteiger partial charge < -0.3 is 4.57 Å². The molecule has 1 atom stereocenters. The molecule has 1 unspecified atom stereocenters. The van der Waals surface area contributed by atoms with Gasteiger partial charge in [0.05, 0.1) is 5.66 Å². The van der Waals surface area contributed by atoms with Gasteiger partial charge in [0.25, 0.3) is 0 Å². The van der Waals surface area contributed by atoms with E-state index in [1.807, 2.05) is 60.7 Å². The predicted octanol–water partition coefficient (Wildman–Crippen LogP) is 7.46. The van der Waals surface area contributed by atoms with E-state index in [1.54, 1.807) is 11.3 Å². The van der Waals surface area contributed by atoms with Crippen molar-refractivity contribution in [3.8, 4) is 0 Å². The van der Waals surface area contributed by atoms with Crippen LogP contribution >= 0.6 is 18.5 Å². The predicted molar refractivity (Wildman–Crippen MR) is 136 cm³/mol. The Balaban J connectivity index is 2.01. The Kier molecular flexibility index (Phi) is 6.06. The fraction of sp³-hybridized carbons (Fsp3) is 0.214. The van der Waals surface area contributed by atoms with Crippen LogP contribution in [0.5, 0.6) is 0 Å². The monoisotopic (exact) mass is 444 g/mol. The van der Waals surface area contributed by atoms with Gasteiger partial charge in [0.15, 0.2) is 7.14 Å². The van der Waals surface area contributed by atoms with Crippen LogP contribution in [0.25, 0.3) is 0 Å². The molecule has 0 N–H and O–H groups in total. The summed E-state index contributed by atoms with van der Waals surface area (Å²) in [5.74, 6) is 0. The van der Waals surface area contributed by atoms with Crippen LogP contribution in [-0.2, 0) is 9.98 Å². The van der Waals surface area contributed by atoms with Crippen LogP contribution in [-0.4, -0.2) is 0 Å². The summed E-state index contributed by atoms with van der Waals surface area (Å²) < 4.78 is 15.3. The molecule has 0 aliphatic rings. The lowest BCUT2D eigenvalue weighted by molar-refractivity contribution is 0.583. The first-order chi connectivity index (χ1) is 14.8. The molecule has 0 bridgehead atoms. The zero-order chi connectivity index (χ0) is 22.1. The number of rotatable bonds is 5. The second kappa shape index (κ2) is 8.61. The Morgan fingerprint density at radius 2 is 1.23 bits per heavy atom. The number of hydrogen-bond acceptors (Lipinski definition) is 2. The minimum atomic E-state index is -3.02. The highest BCUT2D eigenvalue weighted by Crippen LogP contribution is 2.61. The summed E-state index contributed by atoms with van der Waals surface area (Å²) in [5, 5.41) is 1.80. The molecular formula is C28H29OPS. The van der Waals surface area contributed by atoms with Crippen molar-refractivity contribution in [1.29, 1.82) is 0 Å². The minimum absolute atomic E-state index is 0.0597. The van der Waals surface area contributed by atoms with E-state index in [1.165, 1.54) is 10.4 Å².